The molecule has 0 bridgehead atoms. The zero-order valence-electron chi connectivity index (χ0n) is 14.0. The number of methoxy groups -OCH3 is 1. The summed E-state index contributed by atoms with van der Waals surface area (Å²) in [6.07, 6.45) is 4.41. The Morgan fingerprint density at radius 1 is 1.12 bits per heavy atom. The molecule has 0 radical (unpaired) electrons. The Bertz CT molecular complexity index is 1100. The smallest absolute Gasteiger partial charge is 0.219 e. The molecule has 26 heavy (non-hydrogen) atoms. The molecule has 0 saturated heterocycles. The first-order valence-corrected chi connectivity index (χ1v) is 8.97. The monoisotopic (exact) mass is 361 g/mol. The molecule has 1 aliphatic rings. The van der Waals surface area contributed by atoms with Gasteiger partial charge in [-0.1, -0.05) is 0 Å². The molecule has 7 heteroatoms. The lowest BCUT2D eigenvalue weighted by molar-refractivity contribution is 0.415. The van der Waals surface area contributed by atoms with Crippen molar-refractivity contribution in [2.24, 2.45) is 0 Å². The van der Waals surface area contributed by atoms with E-state index in [2.05, 4.69) is 26.2 Å². The van der Waals surface area contributed by atoms with Crippen molar-refractivity contribution in [1.82, 2.24) is 20.2 Å². The number of rotatable bonds is 3. The Kier molecular flexibility index (Phi) is 3.29. The molecule has 128 valence electrons. The van der Waals surface area contributed by atoms with Crippen molar-refractivity contribution in [3.63, 3.8) is 0 Å². The summed E-state index contributed by atoms with van der Waals surface area (Å²) in [5.74, 6) is 1.13. The number of fused-ring (bicyclic) bond motifs is 3. The average Bonchev–Trinajstić information content (AvgIpc) is 3.33. The molecule has 6 nitrogen and oxygen atoms in total. The second-order valence-corrected chi connectivity index (χ2v) is 7.25. The normalized spacial score (nSPS) is 12.0. The number of hydrogen-bond donors (Lipinski definition) is 2. The zero-order valence-corrected chi connectivity index (χ0v) is 14.8. The number of ether oxygens (including phenoxy) is 1. The minimum absolute atomic E-state index is 0.290. The van der Waals surface area contributed by atoms with E-state index in [1.165, 1.54) is 16.0 Å². The molecule has 0 fully saturated rings. The maximum atomic E-state index is 5.58. The third-order valence-corrected chi connectivity index (χ3v) is 5.79. The molecule has 0 amide bonds. The van der Waals surface area contributed by atoms with Crippen LogP contribution in [0.4, 0.5) is 5.95 Å². The van der Waals surface area contributed by atoms with Gasteiger partial charge in [0.2, 0.25) is 5.95 Å². The van der Waals surface area contributed by atoms with Gasteiger partial charge in [-0.15, -0.1) is 11.3 Å². The number of nitrogens with zero attached hydrogens (tertiary/aromatic N) is 3. The maximum absolute atomic E-state index is 5.58. The second-order valence-electron chi connectivity index (χ2n) is 6.11. The predicted molar refractivity (Wildman–Crippen MR) is 102 cm³/mol. The van der Waals surface area contributed by atoms with Crippen molar-refractivity contribution in [3.05, 3.63) is 53.2 Å². The first-order chi connectivity index (χ1) is 12.7. The van der Waals surface area contributed by atoms with Gasteiger partial charge in [-0.3, -0.25) is 5.10 Å². The van der Waals surface area contributed by atoms with Gasteiger partial charge < -0.3 is 10.5 Å². The molecule has 0 unspecified atom stereocenters. The molecular weight excluding hydrogens is 346 g/mol. The fourth-order valence-corrected chi connectivity index (χ4v) is 4.44. The number of benzene rings is 1. The maximum Gasteiger partial charge on any atom is 0.219 e. The lowest BCUT2D eigenvalue weighted by Gasteiger charge is -2.02. The quantitative estimate of drug-likeness (QED) is 0.511. The van der Waals surface area contributed by atoms with Crippen LogP contribution in [0.5, 0.6) is 5.75 Å². The molecule has 0 atom stereocenters. The third-order valence-electron chi connectivity index (χ3n) is 4.60. The van der Waals surface area contributed by atoms with Crippen molar-refractivity contribution in [1.29, 1.82) is 0 Å². The molecular formula is C19H15N5OS. The van der Waals surface area contributed by atoms with Crippen molar-refractivity contribution in [3.8, 4) is 38.7 Å². The molecule has 1 aromatic carbocycles. The van der Waals surface area contributed by atoms with Crippen LogP contribution in [-0.4, -0.2) is 27.3 Å². The molecule has 0 spiro atoms. The summed E-state index contributed by atoms with van der Waals surface area (Å²) in [7, 11) is 1.67. The Balaban J connectivity index is 1.52. The van der Waals surface area contributed by atoms with Gasteiger partial charge in [-0.25, -0.2) is 9.97 Å². The minimum atomic E-state index is 0.290. The summed E-state index contributed by atoms with van der Waals surface area (Å²) in [5.41, 5.74) is 12.2. The summed E-state index contributed by atoms with van der Waals surface area (Å²) in [6, 6.07) is 10.2. The molecule has 3 aromatic heterocycles. The molecule has 0 aliphatic heterocycles. The average molecular weight is 361 g/mol. The summed E-state index contributed by atoms with van der Waals surface area (Å²) in [5, 5.41) is 7.77. The van der Waals surface area contributed by atoms with E-state index in [1.807, 2.05) is 24.3 Å². The van der Waals surface area contributed by atoms with Gasteiger partial charge in [-0.2, -0.15) is 5.10 Å². The van der Waals surface area contributed by atoms with Gasteiger partial charge in [0.05, 0.1) is 18.5 Å². The number of anilines is 1. The van der Waals surface area contributed by atoms with E-state index in [0.717, 1.165) is 39.6 Å². The van der Waals surface area contributed by atoms with Crippen LogP contribution in [0.1, 0.15) is 10.4 Å². The fraction of sp³-hybridized carbons (Fsp3) is 0.105. The Labute approximate surface area is 153 Å². The van der Waals surface area contributed by atoms with Crippen LogP contribution >= 0.6 is 11.3 Å². The molecule has 3 heterocycles. The number of aromatic nitrogens is 4. The van der Waals surface area contributed by atoms with Gasteiger partial charge in [0, 0.05) is 50.8 Å². The first-order valence-electron chi connectivity index (χ1n) is 8.15. The molecule has 3 N–H and O–H groups in total. The van der Waals surface area contributed by atoms with Crippen LogP contribution in [0.3, 0.4) is 0 Å². The standard InChI is InChI=1S/C19H15N5OS/c1-25-12-4-2-10(3-5-12)17-14-7-16-13(18(14)24-23-17)6-15(26-16)11-8-21-19(20)22-9-11/h2-6,8-9H,7H2,1H3,(H,23,24)(H2,20,21,22). The number of H-pyrrole nitrogens is 1. The van der Waals surface area contributed by atoms with E-state index in [9.17, 15) is 0 Å². The Morgan fingerprint density at radius 3 is 2.62 bits per heavy atom. The van der Waals surface area contributed by atoms with Crippen molar-refractivity contribution >= 4 is 17.3 Å². The Morgan fingerprint density at radius 2 is 1.88 bits per heavy atom. The summed E-state index contributed by atoms with van der Waals surface area (Å²) >= 11 is 1.76. The summed E-state index contributed by atoms with van der Waals surface area (Å²) in [6.45, 7) is 0. The highest BCUT2D eigenvalue weighted by Crippen LogP contribution is 2.46. The van der Waals surface area contributed by atoms with Gasteiger partial charge in [0.1, 0.15) is 5.75 Å². The van der Waals surface area contributed by atoms with Gasteiger partial charge in [0.15, 0.2) is 0 Å². The molecule has 4 aromatic rings. The predicted octanol–water partition coefficient (Wildman–Crippen LogP) is 3.76. The topological polar surface area (TPSA) is 89.7 Å². The second kappa shape index (κ2) is 5.67. The number of nitrogen functional groups attached to an aromatic ring is 1. The van der Waals surface area contributed by atoms with Crippen molar-refractivity contribution in [2.75, 3.05) is 12.8 Å². The number of hydrogen-bond acceptors (Lipinski definition) is 6. The highest BCUT2D eigenvalue weighted by Gasteiger charge is 2.27. The lowest BCUT2D eigenvalue weighted by atomic mass is 10.1. The molecule has 5 rings (SSSR count). The highest BCUT2D eigenvalue weighted by molar-refractivity contribution is 7.16. The van der Waals surface area contributed by atoms with E-state index < -0.39 is 0 Å². The van der Waals surface area contributed by atoms with Gasteiger partial charge >= 0.3 is 0 Å². The third kappa shape index (κ3) is 2.28. The molecule has 0 saturated carbocycles. The Hall–Kier alpha value is -3.19. The number of nitrogens with two attached hydrogens (primary N) is 1. The van der Waals surface area contributed by atoms with Crippen molar-refractivity contribution < 1.29 is 4.74 Å². The van der Waals surface area contributed by atoms with Crippen LogP contribution in [0.25, 0.3) is 33.0 Å². The fourth-order valence-electron chi connectivity index (χ4n) is 3.29. The number of aromatic amines is 1. The van der Waals surface area contributed by atoms with Crippen LogP contribution < -0.4 is 10.5 Å². The number of thiophene rings is 1. The van der Waals surface area contributed by atoms with E-state index in [-0.39, 0.29) is 5.95 Å². The summed E-state index contributed by atoms with van der Waals surface area (Å²) < 4.78 is 5.24. The zero-order chi connectivity index (χ0) is 17.7. The lowest BCUT2D eigenvalue weighted by Crippen LogP contribution is -1.92. The number of nitrogens with one attached hydrogen (secondary N) is 1. The van der Waals surface area contributed by atoms with Gasteiger partial charge in [0.25, 0.3) is 0 Å². The van der Waals surface area contributed by atoms with E-state index >= 15 is 0 Å². The van der Waals surface area contributed by atoms with Crippen LogP contribution in [-0.2, 0) is 6.42 Å². The molecule has 1 aliphatic carbocycles. The minimum Gasteiger partial charge on any atom is -0.497 e. The van der Waals surface area contributed by atoms with E-state index in [0.29, 0.717) is 0 Å². The van der Waals surface area contributed by atoms with Gasteiger partial charge in [-0.05, 0) is 30.3 Å². The van der Waals surface area contributed by atoms with Crippen LogP contribution in [0.2, 0.25) is 0 Å². The van der Waals surface area contributed by atoms with Crippen LogP contribution in [0.15, 0.2) is 42.7 Å². The first kappa shape index (κ1) is 15.1. The van der Waals surface area contributed by atoms with Crippen molar-refractivity contribution in [2.45, 2.75) is 6.42 Å². The van der Waals surface area contributed by atoms with E-state index in [1.54, 1.807) is 30.8 Å². The van der Waals surface area contributed by atoms with Crippen LogP contribution in [0, 0.1) is 0 Å². The highest BCUT2D eigenvalue weighted by atomic mass is 32.1. The SMILES string of the molecule is COc1ccc(-c2n[nH]c3c2Cc2sc(-c4cnc(N)nc4)cc2-3)cc1. The largest absolute Gasteiger partial charge is 0.497 e. The van der Waals surface area contributed by atoms with E-state index in [4.69, 9.17) is 10.5 Å². The summed E-state index contributed by atoms with van der Waals surface area (Å²) in [4.78, 5) is 10.6.